The summed E-state index contributed by atoms with van der Waals surface area (Å²) >= 11 is 9.65. The number of carboxylic acids is 1. The van der Waals surface area contributed by atoms with Crippen LogP contribution < -0.4 is 10.2 Å². The fourth-order valence-corrected chi connectivity index (χ4v) is 5.55. The molecule has 1 aliphatic rings. The second-order valence-corrected chi connectivity index (χ2v) is 10.6. The maximum absolute atomic E-state index is 14.7. The summed E-state index contributed by atoms with van der Waals surface area (Å²) in [6.45, 7) is 3.44. The lowest BCUT2D eigenvalue weighted by Gasteiger charge is -2.30. The number of nitrogens with zero attached hydrogens (tertiary/aromatic N) is 2. The van der Waals surface area contributed by atoms with E-state index in [9.17, 15) is 23.5 Å². The molecule has 37 heavy (non-hydrogen) atoms. The Morgan fingerprint density at radius 1 is 1.19 bits per heavy atom. The van der Waals surface area contributed by atoms with E-state index in [0.717, 1.165) is 54.3 Å². The predicted octanol–water partition coefficient (Wildman–Crippen LogP) is 6.61. The van der Waals surface area contributed by atoms with Gasteiger partial charge in [0.15, 0.2) is 11.6 Å². The van der Waals surface area contributed by atoms with Gasteiger partial charge >= 0.3 is 5.97 Å². The molecule has 1 amide bonds. The summed E-state index contributed by atoms with van der Waals surface area (Å²) in [6.07, 6.45) is 2.92. The lowest BCUT2D eigenvalue weighted by Crippen LogP contribution is -2.33. The van der Waals surface area contributed by atoms with E-state index in [-0.39, 0.29) is 30.0 Å². The largest absolute Gasteiger partial charge is 0.481 e. The number of amides is 1. The number of halogens is 4. The number of carboxylic acid groups (broad SMARTS) is 1. The molecule has 1 aromatic heterocycles. The van der Waals surface area contributed by atoms with Gasteiger partial charge in [-0.05, 0) is 62.9 Å². The van der Waals surface area contributed by atoms with Gasteiger partial charge in [-0.25, -0.2) is 13.8 Å². The van der Waals surface area contributed by atoms with Crippen molar-refractivity contribution in [1.82, 2.24) is 10.3 Å². The van der Waals surface area contributed by atoms with E-state index in [1.807, 2.05) is 25.1 Å². The lowest BCUT2D eigenvalue weighted by molar-refractivity contribution is -0.137. The first-order chi connectivity index (χ1) is 17.7. The molecule has 0 radical (unpaired) electrons. The average Bonchev–Trinajstić information content (AvgIpc) is 2.87. The average molecular weight is 595 g/mol. The third-order valence-corrected chi connectivity index (χ3v) is 7.57. The van der Waals surface area contributed by atoms with Gasteiger partial charge in [-0.15, -0.1) is 0 Å². The maximum Gasteiger partial charge on any atom is 0.303 e. The Morgan fingerprint density at radius 2 is 1.92 bits per heavy atom. The van der Waals surface area contributed by atoms with Crippen LogP contribution in [0.4, 0.5) is 14.6 Å². The molecule has 1 saturated heterocycles. The van der Waals surface area contributed by atoms with Gasteiger partial charge in [0.25, 0.3) is 5.91 Å². The summed E-state index contributed by atoms with van der Waals surface area (Å²) in [7, 11) is 0. The summed E-state index contributed by atoms with van der Waals surface area (Å²) in [5.74, 6) is -3.81. The highest BCUT2D eigenvalue weighted by Gasteiger charge is 2.26. The normalized spacial score (nSPS) is 14.6. The van der Waals surface area contributed by atoms with Gasteiger partial charge in [0.1, 0.15) is 5.82 Å². The zero-order valence-electron chi connectivity index (χ0n) is 20.3. The number of aromatic nitrogens is 1. The minimum atomic E-state index is -1.14. The van der Waals surface area contributed by atoms with Crippen LogP contribution in [0, 0.1) is 18.6 Å². The van der Waals surface area contributed by atoms with Crippen LogP contribution in [0.1, 0.15) is 59.5 Å². The fourth-order valence-electron chi connectivity index (χ4n) is 4.89. The van der Waals surface area contributed by atoms with Crippen molar-refractivity contribution in [3.05, 3.63) is 68.2 Å². The first-order valence-corrected chi connectivity index (χ1v) is 13.3. The Kier molecular flexibility index (Phi) is 8.64. The van der Waals surface area contributed by atoms with Crippen molar-refractivity contribution in [1.29, 1.82) is 0 Å². The van der Waals surface area contributed by atoms with E-state index in [2.05, 4.69) is 26.1 Å². The zero-order chi connectivity index (χ0) is 26.7. The number of hydrogen-bond donors (Lipinski definition) is 2. The molecule has 1 atom stereocenters. The van der Waals surface area contributed by atoms with Gasteiger partial charge in [0, 0.05) is 58.0 Å². The number of benzene rings is 2. The van der Waals surface area contributed by atoms with Crippen molar-refractivity contribution in [2.75, 3.05) is 24.5 Å². The van der Waals surface area contributed by atoms with Crippen molar-refractivity contribution >= 4 is 56.1 Å². The molecule has 1 unspecified atom stereocenters. The molecule has 2 heterocycles. The van der Waals surface area contributed by atoms with Crippen LogP contribution in [0.15, 0.2) is 34.8 Å². The molecule has 196 valence electrons. The number of aliphatic carboxylic acids is 1. The molecule has 4 rings (SSSR count). The molecule has 0 saturated carbocycles. The highest BCUT2D eigenvalue weighted by atomic mass is 79.9. The van der Waals surface area contributed by atoms with Gasteiger partial charge in [-0.1, -0.05) is 27.5 Å². The van der Waals surface area contributed by atoms with E-state index in [0.29, 0.717) is 16.5 Å². The summed E-state index contributed by atoms with van der Waals surface area (Å²) in [4.78, 5) is 31.9. The quantitative estimate of drug-likeness (QED) is 0.287. The first-order valence-electron chi connectivity index (χ1n) is 12.2. The van der Waals surface area contributed by atoms with Crippen molar-refractivity contribution in [2.24, 2.45) is 0 Å². The van der Waals surface area contributed by atoms with Gasteiger partial charge in [-0.2, -0.15) is 0 Å². The molecule has 0 spiro atoms. The first kappa shape index (κ1) is 27.3. The van der Waals surface area contributed by atoms with Crippen LogP contribution >= 0.6 is 27.5 Å². The van der Waals surface area contributed by atoms with Crippen molar-refractivity contribution in [3.63, 3.8) is 0 Å². The summed E-state index contributed by atoms with van der Waals surface area (Å²) in [5, 5.41) is 12.7. The van der Waals surface area contributed by atoms with Crippen molar-refractivity contribution < 1.29 is 23.5 Å². The molecule has 0 bridgehead atoms. The molecule has 1 fully saturated rings. The summed E-state index contributed by atoms with van der Waals surface area (Å²) in [6, 6.07) is 7.69. The van der Waals surface area contributed by atoms with Crippen molar-refractivity contribution in [2.45, 2.75) is 44.9 Å². The smallest absolute Gasteiger partial charge is 0.303 e. The summed E-state index contributed by atoms with van der Waals surface area (Å²) in [5.41, 5.74) is 1.69. The number of carbonyl (C=O) groups excluding carboxylic acids is 1. The maximum atomic E-state index is 14.7. The molecule has 3 aromatic rings. The van der Waals surface area contributed by atoms with Crippen LogP contribution in [0.5, 0.6) is 0 Å². The third-order valence-electron chi connectivity index (χ3n) is 6.75. The van der Waals surface area contributed by atoms with E-state index in [4.69, 9.17) is 16.6 Å². The van der Waals surface area contributed by atoms with Crippen LogP contribution in [-0.4, -0.2) is 41.6 Å². The standard InChI is InChI=1S/C27H27BrClF2N3O3/c1-15-23(18-13-17(28)6-9-21(18)33-26(15)34-11-3-2-4-12-34)27(37)32-14-16(5-10-22(35)36)24-19(29)7-8-20(30)25(24)31/h6-9,13,16H,2-5,10-12,14H2,1H3,(H,32,37)(H,35,36). The predicted molar refractivity (Wildman–Crippen MR) is 144 cm³/mol. The van der Waals surface area contributed by atoms with Crippen LogP contribution in [0.3, 0.4) is 0 Å². The van der Waals surface area contributed by atoms with Crippen LogP contribution in [0.25, 0.3) is 10.9 Å². The van der Waals surface area contributed by atoms with Crippen molar-refractivity contribution in [3.8, 4) is 0 Å². The highest BCUT2D eigenvalue weighted by molar-refractivity contribution is 9.10. The van der Waals surface area contributed by atoms with E-state index < -0.39 is 29.4 Å². The number of piperidine rings is 1. The Labute approximate surface area is 227 Å². The molecule has 2 N–H and O–H groups in total. The Balaban J connectivity index is 1.70. The number of fused-ring (bicyclic) bond motifs is 1. The van der Waals surface area contributed by atoms with Gasteiger partial charge in [-0.3, -0.25) is 9.59 Å². The van der Waals surface area contributed by atoms with E-state index in [1.165, 1.54) is 6.07 Å². The minimum Gasteiger partial charge on any atom is -0.481 e. The third kappa shape index (κ3) is 6.04. The van der Waals surface area contributed by atoms with Crippen LogP contribution in [0.2, 0.25) is 5.02 Å². The highest BCUT2D eigenvalue weighted by Crippen LogP contribution is 2.34. The zero-order valence-corrected chi connectivity index (χ0v) is 22.6. The number of pyridine rings is 1. The topological polar surface area (TPSA) is 82.5 Å². The Bertz CT molecular complexity index is 1350. The van der Waals surface area contributed by atoms with Gasteiger partial charge < -0.3 is 15.3 Å². The van der Waals surface area contributed by atoms with Gasteiger partial charge in [0.2, 0.25) is 0 Å². The molecule has 1 aliphatic heterocycles. The van der Waals surface area contributed by atoms with E-state index in [1.54, 1.807) is 0 Å². The number of carbonyl (C=O) groups is 2. The molecular formula is C27H27BrClF2N3O3. The molecule has 2 aromatic carbocycles. The number of nitrogens with one attached hydrogen (secondary N) is 1. The molecular weight excluding hydrogens is 568 g/mol. The molecule has 10 heteroatoms. The van der Waals surface area contributed by atoms with Gasteiger partial charge in [0.05, 0.1) is 11.1 Å². The monoisotopic (exact) mass is 593 g/mol. The Morgan fingerprint density at radius 3 is 2.62 bits per heavy atom. The number of hydrogen-bond acceptors (Lipinski definition) is 4. The number of anilines is 1. The molecule has 0 aliphatic carbocycles. The second-order valence-electron chi connectivity index (χ2n) is 9.24. The minimum absolute atomic E-state index is 0.0228. The summed E-state index contributed by atoms with van der Waals surface area (Å²) < 4.78 is 29.5. The van der Waals surface area contributed by atoms with Crippen LogP contribution in [-0.2, 0) is 4.79 Å². The fraction of sp³-hybridized carbons (Fsp3) is 0.370. The Hall–Kier alpha value is -2.78. The van der Waals surface area contributed by atoms with E-state index >= 15 is 0 Å². The number of rotatable bonds is 8. The second kappa shape index (κ2) is 11.7. The SMILES string of the molecule is Cc1c(N2CCCCC2)nc2ccc(Br)cc2c1C(=O)NCC(CCC(=O)O)c1c(Cl)ccc(F)c1F. The molecule has 6 nitrogen and oxygen atoms in total. The lowest BCUT2D eigenvalue weighted by atomic mass is 9.93.